The van der Waals surface area contributed by atoms with Crippen LogP contribution in [0.2, 0.25) is 4.47 Å². The van der Waals surface area contributed by atoms with E-state index in [1.54, 1.807) is 18.3 Å². The van der Waals surface area contributed by atoms with E-state index in [9.17, 15) is 27.6 Å². The van der Waals surface area contributed by atoms with Crippen molar-refractivity contribution in [3.63, 3.8) is 0 Å². The van der Waals surface area contributed by atoms with Gasteiger partial charge in [0.15, 0.2) is 10.7 Å². The van der Waals surface area contributed by atoms with Crippen LogP contribution in [-0.4, -0.2) is 27.4 Å². The summed E-state index contributed by atoms with van der Waals surface area (Å²) in [6.07, 6.45) is -2.64. The first kappa shape index (κ1) is 21.6. The van der Waals surface area contributed by atoms with Crippen LogP contribution in [0.3, 0.4) is 0 Å². The number of ketones is 1. The summed E-state index contributed by atoms with van der Waals surface area (Å²) in [7, 11) is 0. The second kappa shape index (κ2) is 8.15. The fourth-order valence-electron chi connectivity index (χ4n) is 3.45. The van der Waals surface area contributed by atoms with Gasteiger partial charge in [-0.05, 0) is 24.3 Å². The molecule has 0 saturated heterocycles. The van der Waals surface area contributed by atoms with Crippen LogP contribution in [0.15, 0.2) is 48.8 Å². The van der Waals surface area contributed by atoms with Gasteiger partial charge in [0.25, 0.3) is 11.5 Å². The number of hydrogen-bond donors (Lipinski definition) is 1. The van der Waals surface area contributed by atoms with Crippen molar-refractivity contribution in [2.45, 2.75) is 25.0 Å². The molecule has 1 aliphatic heterocycles. The molecule has 1 aromatic carbocycles. The largest absolute Gasteiger partial charge is 0.573 e. The Morgan fingerprint density at radius 1 is 1.29 bits per heavy atom. The van der Waals surface area contributed by atoms with Gasteiger partial charge in [-0.25, -0.2) is 9.37 Å². The minimum atomic E-state index is -5.00. The van der Waals surface area contributed by atoms with E-state index in [4.69, 9.17) is 11.6 Å². The third-order valence-corrected chi connectivity index (χ3v) is 5.82. The minimum absolute atomic E-state index is 0.153. The molecule has 12 heteroatoms. The first-order chi connectivity index (χ1) is 14.6. The van der Waals surface area contributed by atoms with E-state index >= 15 is 0 Å². The van der Waals surface area contributed by atoms with Crippen LogP contribution in [0.4, 0.5) is 17.6 Å². The van der Waals surface area contributed by atoms with Crippen LogP contribution in [0.5, 0.6) is 5.75 Å². The molecule has 2 atom stereocenters. The highest BCUT2D eigenvalue weighted by molar-refractivity contribution is 7.15. The molecule has 2 unspecified atom stereocenters. The zero-order chi connectivity index (χ0) is 22.3. The molecule has 0 fully saturated rings. The van der Waals surface area contributed by atoms with Crippen molar-refractivity contribution in [1.29, 1.82) is 0 Å². The molecule has 0 aliphatic carbocycles. The molecule has 1 N–H and O–H groups in total. The van der Waals surface area contributed by atoms with Crippen LogP contribution >= 0.6 is 22.9 Å². The predicted molar refractivity (Wildman–Crippen MR) is 100 cm³/mol. The van der Waals surface area contributed by atoms with Crippen LogP contribution in [0.25, 0.3) is 0 Å². The van der Waals surface area contributed by atoms with Crippen molar-refractivity contribution in [1.82, 2.24) is 10.0 Å². The number of Topliss-reactive ketones (excluding diaryl/α,β-unsaturated/α-hetero) is 1. The number of pyridine rings is 1. The number of hydrogen-bond acceptors (Lipinski definition) is 6. The maximum Gasteiger partial charge on any atom is 0.573 e. The van der Waals surface area contributed by atoms with E-state index in [-0.39, 0.29) is 16.6 Å². The Morgan fingerprint density at radius 2 is 2.06 bits per heavy atom. The fraction of sp³-hybridized carbons (Fsp3) is 0.211. The Kier molecular flexibility index (Phi) is 5.69. The van der Waals surface area contributed by atoms with Crippen molar-refractivity contribution < 1.29 is 36.9 Å². The molecule has 0 bridgehead atoms. The highest BCUT2D eigenvalue weighted by atomic mass is 35.5. The quantitative estimate of drug-likeness (QED) is 0.446. The lowest BCUT2D eigenvalue weighted by molar-refractivity contribution is -0.764. The Hall–Kier alpha value is -2.60. The molecule has 0 radical (unpaired) electrons. The molecule has 1 aliphatic rings. The van der Waals surface area contributed by atoms with E-state index < -0.39 is 41.5 Å². The summed E-state index contributed by atoms with van der Waals surface area (Å²) in [5, 5.41) is 11.6. The highest BCUT2D eigenvalue weighted by Crippen LogP contribution is 2.36. The van der Waals surface area contributed by atoms with Gasteiger partial charge in [-0.3, -0.25) is 4.79 Å². The molecule has 4 rings (SSSR count). The summed E-state index contributed by atoms with van der Waals surface area (Å²) in [6.45, 7) is 0. The second-order valence-corrected chi connectivity index (χ2v) is 8.33. The highest BCUT2D eigenvalue weighted by Gasteiger charge is 2.48. The summed E-state index contributed by atoms with van der Waals surface area (Å²) in [5.41, 5.74) is -0.295. The first-order valence-electron chi connectivity index (χ1n) is 8.81. The summed E-state index contributed by atoms with van der Waals surface area (Å²) in [6, 6.07) is 5.44. The molecule has 2 aromatic heterocycles. The molecule has 0 saturated carbocycles. The number of hydroxylamine groups is 2. The van der Waals surface area contributed by atoms with Crippen LogP contribution in [-0.2, 0) is 6.42 Å². The van der Waals surface area contributed by atoms with E-state index in [0.717, 1.165) is 18.2 Å². The lowest BCUT2D eigenvalue weighted by Crippen LogP contribution is -2.59. The number of carbonyl (C=O) groups excluding carboxylic acids is 1. The Morgan fingerprint density at radius 3 is 2.74 bits per heavy atom. The standard InChI is InChI=1S/C19H13ClF4N3O3S/c20-18-25-9-11(31-18)8-15-26-6-2-1-3-14(26)17(28)16(27(15)29)12-7-10(4-5-13(12)21)30-19(22,23)24/h1-7,9,15-16,29H,8H2/q+1. The topological polar surface area (TPSA) is 66.5 Å². The molecular formula is C19H13ClF4N3O3S+. The predicted octanol–water partition coefficient (Wildman–Crippen LogP) is 4.49. The van der Waals surface area contributed by atoms with E-state index in [1.165, 1.54) is 28.2 Å². The van der Waals surface area contributed by atoms with E-state index in [2.05, 4.69) is 9.72 Å². The number of alkyl halides is 3. The van der Waals surface area contributed by atoms with Gasteiger partial charge in [-0.2, -0.15) is 4.57 Å². The van der Waals surface area contributed by atoms with Crippen LogP contribution < -0.4 is 9.30 Å². The lowest BCUT2D eigenvalue weighted by Gasteiger charge is -2.33. The van der Waals surface area contributed by atoms with E-state index in [0.29, 0.717) is 9.94 Å². The second-order valence-electron chi connectivity index (χ2n) is 6.64. The molecule has 3 heterocycles. The van der Waals surface area contributed by atoms with Gasteiger partial charge in [0.2, 0.25) is 6.17 Å². The maximum absolute atomic E-state index is 14.6. The number of carbonyl (C=O) groups is 1. The molecule has 3 aromatic rings. The number of aromatic nitrogens is 2. The van der Waals surface area contributed by atoms with Gasteiger partial charge < -0.3 is 9.94 Å². The number of benzene rings is 1. The Balaban J connectivity index is 1.78. The number of fused-ring (bicyclic) bond motifs is 1. The zero-order valence-corrected chi connectivity index (χ0v) is 17.0. The number of rotatable bonds is 4. The molecule has 0 spiro atoms. The summed E-state index contributed by atoms with van der Waals surface area (Å²) in [4.78, 5) is 17.7. The van der Waals surface area contributed by atoms with E-state index in [1.807, 2.05) is 0 Å². The zero-order valence-electron chi connectivity index (χ0n) is 15.4. The fourth-order valence-corrected chi connectivity index (χ4v) is 4.45. The van der Waals surface area contributed by atoms with Crippen molar-refractivity contribution in [2.24, 2.45) is 0 Å². The SMILES string of the molecule is O=C1c2cccc[n+]2C(Cc2cnc(Cl)s2)N(O)C1c1cc(OC(F)(F)F)ccc1F. The normalized spacial score (nSPS) is 19.4. The van der Waals surface area contributed by atoms with Crippen molar-refractivity contribution in [3.8, 4) is 5.75 Å². The number of nitrogens with zero attached hydrogens (tertiary/aromatic N) is 3. The Bertz CT molecular complexity index is 1140. The van der Waals surface area contributed by atoms with Gasteiger partial charge in [-0.15, -0.1) is 29.6 Å². The van der Waals surface area contributed by atoms with Crippen molar-refractivity contribution in [3.05, 3.63) is 75.2 Å². The average Bonchev–Trinajstić information content (AvgIpc) is 3.11. The first-order valence-corrected chi connectivity index (χ1v) is 10.0. The van der Waals surface area contributed by atoms with Crippen molar-refractivity contribution in [2.75, 3.05) is 0 Å². The van der Waals surface area contributed by atoms with Crippen molar-refractivity contribution >= 4 is 28.7 Å². The van der Waals surface area contributed by atoms with Gasteiger partial charge in [0.05, 0.1) is 6.42 Å². The molecule has 31 heavy (non-hydrogen) atoms. The summed E-state index contributed by atoms with van der Waals surface area (Å²) in [5.74, 6) is -2.36. The molecule has 6 nitrogen and oxygen atoms in total. The van der Waals surface area contributed by atoms with Crippen LogP contribution in [0.1, 0.15) is 33.1 Å². The van der Waals surface area contributed by atoms with Gasteiger partial charge in [0, 0.05) is 28.8 Å². The number of halogens is 5. The number of ether oxygens (including phenoxy) is 1. The average molecular weight is 475 g/mol. The Labute approximate surface area is 181 Å². The maximum atomic E-state index is 14.6. The molecular weight excluding hydrogens is 462 g/mol. The monoisotopic (exact) mass is 474 g/mol. The lowest BCUT2D eigenvalue weighted by atomic mass is 9.95. The smallest absolute Gasteiger partial charge is 0.406 e. The van der Waals surface area contributed by atoms with Gasteiger partial charge in [-0.1, -0.05) is 11.6 Å². The van der Waals surface area contributed by atoms with Crippen LogP contribution in [0, 0.1) is 5.82 Å². The van der Waals surface area contributed by atoms with Gasteiger partial charge in [0.1, 0.15) is 17.6 Å². The molecule has 162 valence electrons. The number of thiazole rings is 1. The minimum Gasteiger partial charge on any atom is -0.406 e. The third kappa shape index (κ3) is 4.40. The summed E-state index contributed by atoms with van der Waals surface area (Å²) >= 11 is 7.04. The third-order valence-electron chi connectivity index (χ3n) is 4.69. The van der Waals surface area contributed by atoms with Gasteiger partial charge >= 0.3 is 6.36 Å². The summed E-state index contributed by atoms with van der Waals surface area (Å²) < 4.78 is 58.1. The molecule has 0 amide bonds.